The third kappa shape index (κ3) is 4.62. The molecule has 1 heterocycles. The van der Waals surface area contributed by atoms with E-state index in [1.54, 1.807) is 12.3 Å². The molecule has 3 aromatic rings. The molecule has 0 unspecified atom stereocenters. The zero-order valence-electron chi connectivity index (χ0n) is 15.2. The first kappa shape index (κ1) is 20.6. The largest absolute Gasteiger partial charge is 0.480 e. The van der Waals surface area contributed by atoms with Gasteiger partial charge in [0.05, 0.1) is 20.7 Å². The molecule has 2 aromatic carbocycles. The minimum absolute atomic E-state index is 0.185. The molecule has 0 aliphatic heterocycles. The predicted molar refractivity (Wildman–Crippen MR) is 124 cm³/mol. The van der Waals surface area contributed by atoms with Crippen molar-refractivity contribution >= 4 is 55.6 Å². The van der Waals surface area contributed by atoms with Crippen molar-refractivity contribution < 1.29 is 4.74 Å². The molecule has 0 N–H and O–H groups in total. The van der Waals surface area contributed by atoms with Gasteiger partial charge in [-0.3, -0.25) is 4.79 Å². The third-order valence-electron chi connectivity index (χ3n) is 3.94. The highest BCUT2D eigenvalue weighted by molar-refractivity contribution is 14.1. The van der Waals surface area contributed by atoms with Gasteiger partial charge in [0.1, 0.15) is 18.2 Å². The lowest BCUT2D eigenvalue weighted by Crippen LogP contribution is -2.22. The molecule has 0 aliphatic carbocycles. The molecule has 28 heavy (non-hydrogen) atoms. The van der Waals surface area contributed by atoms with Crippen LogP contribution in [0, 0.1) is 15.9 Å². The highest BCUT2D eigenvalue weighted by Gasteiger charge is 2.10. The minimum atomic E-state index is -0.185. The van der Waals surface area contributed by atoms with Crippen molar-refractivity contribution in [3.8, 4) is 18.1 Å². The fraction of sp³-hybridized carbons (Fsp3) is 0.190. The number of ether oxygens (including phenoxy) is 1. The molecule has 0 aliphatic rings. The Kier molecular flexibility index (Phi) is 6.86. The Morgan fingerprint density at radius 1 is 1.36 bits per heavy atom. The summed E-state index contributed by atoms with van der Waals surface area (Å²) in [6.45, 7) is 2.26. The van der Waals surface area contributed by atoms with Gasteiger partial charge in [-0.25, -0.2) is 4.98 Å². The van der Waals surface area contributed by atoms with E-state index in [-0.39, 0.29) is 12.2 Å². The maximum atomic E-state index is 13.0. The fourth-order valence-electron chi connectivity index (χ4n) is 2.66. The lowest BCUT2D eigenvalue weighted by molar-refractivity contribution is 0.368. The van der Waals surface area contributed by atoms with Crippen molar-refractivity contribution in [1.29, 1.82) is 0 Å². The van der Waals surface area contributed by atoms with Crippen LogP contribution in [0.25, 0.3) is 10.9 Å². The summed E-state index contributed by atoms with van der Waals surface area (Å²) < 4.78 is 8.60. The summed E-state index contributed by atoms with van der Waals surface area (Å²) in [6.07, 6.45) is 8.41. The maximum absolute atomic E-state index is 13.0. The van der Waals surface area contributed by atoms with E-state index in [0.29, 0.717) is 23.1 Å². The Bertz CT molecular complexity index is 1150. The highest BCUT2D eigenvalue weighted by Crippen LogP contribution is 2.21. The number of terminal acetylenes is 1. The van der Waals surface area contributed by atoms with Crippen LogP contribution in [0.1, 0.15) is 24.7 Å². The van der Waals surface area contributed by atoms with E-state index >= 15 is 0 Å². The summed E-state index contributed by atoms with van der Waals surface area (Å²) in [5, 5.41) is 4.96. The van der Waals surface area contributed by atoms with Crippen molar-refractivity contribution in [3.05, 3.63) is 66.2 Å². The van der Waals surface area contributed by atoms with Crippen molar-refractivity contribution in [2.24, 2.45) is 5.10 Å². The van der Waals surface area contributed by atoms with E-state index in [9.17, 15) is 4.79 Å². The van der Waals surface area contributed by atoms with Crippen LogP contribution < -0.4 is 10.3 Å². The van der Waals surface area contributed by atoms with E-state index in [4.69, 9.17) is 11.2 Å². The van der Waals surface area contributed by atoms with Crippen LogP contribution in [-0.4, -0.2) is 22.5 Å². The molecule has 0 saturated carbocycles. The number of rotatable bonds is 6. The average molecular weight is 550 g/mol. The van der Waals surface area contributed by atoms with E-state index in [2.05, 4.69) is 54.5 Å². The Morgan fingerprint density at radius 2 is 2.18 bits per heavy atom. The molecular weight excluding hydrogens is 533 g/mol. The first-order valence-corrected chi connectivity index (χ1v) is 10.5. The Morgan fingerprint density at radius 3 is 2.89 bits per heavy atom. The Balaban J connectivity index is 2.02. The first-order valence-electron chi connectivity index (χ1n) is 8.65. The van der Waals surface area contributed by atoms with Gasteiger partial charge >= 0.3 is 0 Å². The molecule has 0 spiro atoms. The monoisotopic (exact) mass is 549 g/mol. The maximum Gasteiger partial charge on any atom is 0.282 e. The summed E-state index contributed by atoms with van der Waals surface area (Å²) in [5.74, 6) is 3.81. The van der Waals surface area contributed by atoms with Gasteiger partial charge in [-0.15, -0.1) is 6.42 Å². The number of benzene rings is 2. The lowest BCUT2D eigenvalue weighted by atomic mass is 10.2. The molecule has 1 aromatic heterocycles. The molecule has 0 saturated heterocycles. The number of aromatic nitrogens is 2. The standard InChI is InChI=1S/C21H17BrIN3O2/c1-3-5-20-25-18-8-7-15(22)12-16(18)21(27)26(20)24-13-14-6-9-19(17(23)11-14)28-10-4-2/h2,6-9,11-13H,3,5,10H2,1H3. The molecule has 0 fully saturated rings. The number of aryl methyl sites for hydroxylation is 1. The second kappa shape index (κ2) is 9.34. The zero-order chi connectivity index (χ0) is 20.1. The van der Waals surface area contributed by atoms with E-state index in [0.717, 1.165) is 25.8 Å². The molecule has 7 heteroatoms. The smallest absolute Gasteiger partial charge is 0.282 e. The van der Waals surface area contributed by atoms with Crippen LogP contribution in [0.5, 0.6) is 5.75 Å². The summed E-state index contributed by atoms with van der Waals surface area (Å²) in [4.78, 5) is 17.6. The number of fused-ring (bicyclic) bond motifs is 1. The van der Waals surface area contributed by atoms with Crippen molar-refractivity contribution in [1.82, 2.24) is 9.66 Å². The van der Waals surface area contributed by atoms with Gasteiger partial charge in [0, 0.05) is 10.9 Å². The summed E-state index contributed by atoms with van der Waals surface area (Å²) in [6, 6.07) is 11.1. The minimum Gasteiger partial charge on any atom is -0.480 e. The number of nitrogens with zero attached hydrogens (tertiary/aromatic N) is 3. The van der Waals surface area contributed by atoms with Gasteiger partial charge in [0.25, 0.3) is 5.56 Å². The van der Waals surface area contributed by atoms with E-state index in [1.165, 1.54) is 4.68 Å². The number of halogens is 2. The van der Waals surface area contributed by atoms with Crippen LogP contribution >= 0.6 is 38.5 Å². The van der Waals surface area contributed by atoms with Gasteiger partial charge in [0.15, 0.2) is 0 Å². The molecular formula is C21H17BrIN3O2. The molecule has 0 atom stereocenters. The second-order valence-corrected chi connectivity index (χ2v) is 8.06. The topological polar surface area (TPSA) is 56.5 Å². The molecule has 3 rings (SSSR count). The molecule has 0 radical (unpaired) electrons. The van der Waals surface area contributed by atoms with Crippen LogP contribution in [0.15, 0.2) is 50.8 Å². The van der Waals surface area contributed by atoms with E-state index < -0.39 is 0 Å². The predicted octanol–water partition coefficient (Wildman–Crippen LogP) is 4.61. The Hall–Kier alpha value is -2.18. The van der Waals surface area contributed by atoms with Crippen LogP contribution in [-0.2, 0) is 6.42 Å². The fourth-order valence-corrected chi connectivity index (χ4v) is 3.71. The average Bonchev–Trinajstić information content (AvgIpc) is 2.68. The van der Waals surface area contributed by atoms with Crippen LogP contribution in [0.4, 0.5) is 0 Å². The van der Waals surface area contributed by atoms with Gasteiger partial charge in [-0.2, -0.15) is 9.78 Å². The van der Waals surface area contributed by atoms with Gasteiger partial charge < -0.3 is 4.74 Å². The molecule has 142 valence electrons. The van der Waals surface area contributed by atoms with Crippen molar-refractivity contribution in [2.45, 2.75) is 19.8 Å². The number of hydrogen-bond donors (Lipinski definition) is 0. The second-order valence-electron chi connectivity index (χ2n) is 5.98. The lowest BCUT2D eigenvalue weighted by Gasteiger charge is -2.09. The third-order valence-corrected chi connectivity index (χ3v) is 5.27. The van der Waals surface area contributed by atoms with Crippen LogP contribution in [0.3, 0.4) is 0 Å². The van der Waals surface area contributed by atoms with Gasteiger partial charge in [-0.05, 0) is 71.0 Å². The van der Waals surface area contributed by atoms with Crippen molar-refractivity contribution in [3.63, 3.8) is 0 Å². The van der Waals surface area contributed by atoms with Gasteiger partial charge in [0.2, 0.25) is 0 Å². The normalized spacial score (nSPS) is 11.1. The van der Waals surface area contributed by atoms with Crippen molar-refractivity contribution in [2.75, 3.05) is 6.61 Å². The highest BCUT2D eigenvalue weighted by atomic mass is 127. The summed E-state index contributed by atoms with van der Waals surface area (Å²) in [7, 11) is 0. The zero-order valence-corrected chi connectivity index (χ0v) is 18.9. The summed E-state index contributed by atoms with van der Waals surface area (Å²) >= 11 is 5.59. The molecule has 5 nitrogen and oxygen atoms in total. The SMILES string of the molecule is C#CCOc1ccc(C=Nn2c(CCC)nc3ccc(Br)cc3c2=O)cc1I. The number of hydrogen-bond acceptors (Lipinski definition) is 4. The first-order chi connectivity index (χ1) is 13.5. The quantitative estimate of drug-likeness (QED) is 0.256. The van der Waals surface area contributed by atoms with Crippen LogP contribution in [0.2, 0.25) is 0 Å². The van der Waals surface area contributed by atoms with Gasteiger partial charge in [-0.1, -0.05) is 28.8 Å². The molecule has 0 bridgehead atoms. The molecule has 0 amide bonds. The summed E-state index contributed by atoms with van der Waals surface area (Å²) in [5.41, 5.74) is 1.34. The van der Waals surface area contributed by atoms with E-state index in [1.807, 2.05) is 37.3 Å². The Labute approximate surface area is 185 Å².